The summed E-state index contributed by atoms with van der Waals surface area (Å²) >= 11 is 0. The van der Waals surface area contributed by atoms with Crippen molar-refractivity contribution in [2.75, 3.05) is 53.9 Å². The quantitative estimate of drug-likeness (QED) is 0.705. The van der Waals surface area contributed by atoms with Gasteiger partial charge in [0.25, 0.3) is 0 Å². The molecule has 0 saturated carbocycles. The first kappa shape index (κ1) is 17.0. The fraction of sp³-hybridized carbons (Fsp3) is 0.625. The molecule has 0 spiro atoms. The predicted molar refractivity (Wildman–Crippen MR) is 85.4 cm³/mol. The first-order chi connectivity index (χ1) is 9.63. The summed E-state index contributed by atoms with van der Waals surface area (Å²) in [5.74, 6) is 0.995. The third kappa shape index (κ3) is 6.89. The van der Waals surface area contributed by atoms with Crippen LogP contribution in [0.5, 0.6) is 5.75 Å². The average Bonchev–Trinajstić information content (AvgIpc) is 2.44. The molecule has 0 amide bonds. The largest absolute Gasteiger partial charge is 0.492 e. The maximum atomic E-state index is 5.92. The summed E-state index contributed by atoms with van der Waals surface area (Å²) in [4.78, 5) is 4.50. The smallest absolute Gasteiger partial charge is 0.123 e. The van der Waals surface area contributed by atoms with Crippen molar-refractivity contribution >= 4 is 0 Å². The van der Waals surface area contributed by atoms with Gasteiger partial charge in [-0.05, 0) is 33.8 Å². The molecule has 0 aromatic heterocycles. The van der Waals surface area contributed by atoms with Crippen molar-refractivity contribution in [1.82, 2.24) is 15.1 Å². The molecule has 0 radical (unpaired) electrons. The van der Waals surface area contributed by atoms with E-state index in [9.17, 15) is 0 Å². The summed E-state index contributed by atoms with van der Waals surface area (Å²) in [6, 6.07) is 8.25. The van der Waals surface area contributed by atoms with Gasteiger partial charge in [-0.3, -0.25) is 0 Å². The molecular formula is C16H29N3O. The molecule has 0 heterocycles. The molecule has 0 unspecified atom stereocenters. The van der Waals surface area contributed by atoms with Crippen LogP contribution in [0.4, 0.5) is 0 Å². The molecule has 0 bridgehead atoms. The first-order valence-corrected chi connectivity index (χ1v) is 7.38. The number of para-hydroxylation sites is 1. The van der Waals surface area contributed by atoms with Crippen LogP contribution >= 0.6 is 0 Å². The van der Waals surface area contributed by atoms with Crippen LogP contribution in [0.2, 0.25) is 0 Å². The van der Waals surface area contributed by atoms with Crippen molar-refractivity contribution in [1.29, 1.82) is 0 Å². The minimum absolute atomic E-state index is 0.729. The van der Waals surface area contributed by atoms with Crippen molar-refractivity contribution in [2.45, 2.75) is 13.5 Å². The number of nitrogens with zero attached hydrogens (tertiary/aromatic N) is 2. The molecule has 1 aromatic carbocycles. The molecule has 1 N–H and O–H groups in total. The molecule has 114 valence electrons. The Morgan fingerprint density at radius 1 is 1.05 bits per heavy atom. The van der Waals surface area contributed by atoms with Gasteiger partial charge in [-0.15, -0.1) is 0 Å². The van der Waals surface area contributed by atoms with Gasteiger partial charge >= 0.3 is 0 Å². The molecule has 4 heteroatoms. The van der Waals surface area contributed by atoms with E-state index in [1.165, 1.54) is 5.56 Å². The van der Waals surface area contributed by atoms with E-state index in [0.29, 0.717) is 0 Å². The van der Waals surface area contributed by atoms with Crippen molar-refractivity contribution in [3.63, 3.8) is 0 Å². The average molecular weight is 279 g/mol. The fourth-order valence-corrected chi connectivity index (χ4v) is 1.84. The normalized spacial score (nSPS) is 11.3. The lowest BCUT2D eigenvalue weighted by molar-refractivity contribution is 0.221. The summed E-state index contributed by atoms with van der Waals surface area (Å²) in [6.07, 6.45) is 0. The lowest BCUT2D eigenvalue weighted by Crippen LogP contribution is -2.31. The lowest BCUT2D eigenvalue weighted by atomic mass is 10.2. The van der Waals surface area contributed by atoms with Gasteiger partial charge in [-0.1, -0.05) is 25.1 Å². The summed E-state index contributed by atoms with van der Waals surface area (Å²) in [7, 11) is 6.33. The molecule has 20 heavy (non-hydrogen) atoms. The minimum atomic E-state index is 0.729. The van der Waals surface area contributed by atoms with Crippen molar-refractivity contribution in [2.24, 2.45) is 0 Å². The number of likely N-dealkylation sites (N-methyl/N-ethyl adjacent to an activating group) is 2. The number of hydrogen-bond donors (Lipinski definition) is 1. The Bertz CT molecular complexity index is 368. The van der Waals surface area contributed by atoms with E-state index in [0.717, 1.165) is 45.1 Å². The second-order valence-corrected chi connectivity index (χ2v) is 5.34. The highest BCUT2D eigenvalue weighted by atomic mass is 16.5. The molecule has 1 aromatic rings. The standard InChI is InChI=1S/C16H29N3O/c1-5-17-14-15-8-6-7-9-16(15)20-13-12-19(4)11-10-18(2)3/h6-9,17H,5,10-14H2,1-4H3. The van der Waals surface area contributed by atoms with Crippen LogP contribution in [0.1, 0.15) is 12.5 Å². The Hall–Kier alpha value is -1.10. The van der Waals surface area contributed by atoms with E-state index in [-0.39, 0.29) is 0 Å². The zero-order valence-corrected chi connectivity index (χ0v) is 13.4. The highest BCUT2D eigenvalue weighted by molar-refractivity contribution is 5.33. The first-order valence-electron chi connectivity index (χ1n) is 7.38. The number of benzene rings is 1. The monoisotopic (exact) mass is 279 g/mol. The molecule has 0 aliphatic carbocycles. The van der Waals surface area contributed by atoms with Crippen LogP contribution in [0, 0.1) is 0 Å². The van der Waals surface area contributed by atoms with E-state index < -0.39 is 0 Å². The van der Waals surface area contributed by atoms with Gasteiger partial charge in [-0.2, -0.15) is 0 Å². The predicted octanol–water partition coefficient (Wildman–Crippen LogP) is 1.67. The molecule has 0 atom stereocenters. The molecule has 0 fully saturated rings. The molecular weight excluding hydrogens is 250 g/mol. The number of hydrogen-bond acceptors (Lipinski definition) is 4. The highest BCUT2D eigenvalue weighted by Gasteiger charge is 2.04. The Morgan fingerprint density at radius 2 is 1.80 bits per heavy atom. The highest BCUT2D eigenvalue weighted by Crippen LogP contribution is 2.17. The van der Waals surface area contributed by atoms with E-state index in [1.807, 2.05) is 12.1 Å². The summed E-state index contributed by atoms with van der Waals surface area (Å²) in [5, 5.41) is 3.34. The third-order valence-corrected chi connectivity index (χ3v) is 3.20. The van der Waals surface area contributed by atoms with Crippen LogP contribution in [0.15, 0.2) is 24.3 Å². The summed E-state index contributed by atoms with van der Waals surface area (Å²) in [6.45, 7) is 7.77. The summed E-state index contributed by atoms with van der Waals surface area (Å²) in [5.41, 5.74) is 1.23. The minimum Gasteiger partial charge on any atom is -0.492 e. The zero-order valence-electron chi connectivity index (χ0n) is 13.4. The van der Waals surface area contributed by atoms with E-state index >= 15 is 0 Å². The van der Waals surface area contributed by atoms with Crippen molar-refractivity contribution in [3.8, 4) is 5.75 Å². The topological polar surface area (TPSA) is 27.7 Å². The Morgan fingerprint density at radius 3 is 2.50 bits per heavy atom. The Kier molecular flexibility index (Phi) is 8.26. The second kappa shape index (κ2) is 9.75. The lowest BCUT2D eigenvalue weighted by Gasteiger charge is -2.20. The van der Waals surface area contributed by atoms with Crippen molar-refractivity contribution < 1.29 is 4.74 Å². The van der Waals surface area contributed by atoms with Crippen molar-refractivity contribution in [3.05, 3.63) is 29.8 Å². The molecule has 0 aliphatic heterocycles. The SMILES string of the molecule is CCNCc1ccccc1OCCN(C)CCN(C)C. The summed E-state index contributed by atoms with van der Waals surface area (Å²) < 4.78 is 5.92. The van der Waals surface area contributed by atoms with Crippen LogP contribution in [0.3, 0.4) is 0 Å². The molecule has 0 saturated heterocycles. The van der Waals surface area contributed by atoms with Gasteiger partial charge in [0.1, 0.15) is 12.4 Å². The second-order valence-electron chi connectivity index (χ2n) is 5.34. The van der Waals surface area contributed by atoms with Gasteiger partial charge in [0, 0.05) is 31.7 Å². The van der Waals surface area contributed by atoms with E-state index in [4.69, 9.17) is 4.74 Å². The Balaban J connectivity index is 2.34. The maximum absolute atomic E-state index is 5.92. The Labute approximate surface area is 123 Å². The van der Waals surface area contributed by atoms with Crippen LogP contribution in [-0.4, -0.2) is 63.7 Å². The van der Waals surface area contributed by atoms with Gasteiger partial charge < -0.3 is 19.9 Å². The van der Waals surface area contributed by atoms with Crippen LogP contribution in [-0.2, 0) is 6.54 Å². The zero-order chi connectivity index (χ0) is 14.8. The third-order valence-electron chi connectivity index (χ3n) is 3.20. The van der Waals surface area contributed by atoms with Crippen LogP contribution in [0.25, 0.3) is 0 Å². The number of ether oxygens (including phenoxy) is 1. The fourth-order valence-electron chi connectivity index (χ4n) is 1.84. The van der Waals surface area contributed by atoms with Gasteiger partial charge in [0.2, 0.25) is 0 Å². The maximum Gasteiger partial charge on any atom is 0.123 e. The number of nitrogens with one attached hydrogen (secondary N) is 1. The van der Waals surface area contributed by atoms with Gasteiger partial charge in [0.05, 0.1) is 0 Å². The number of rotatable bonds is 10. The van der Waals surface area contributed by atoms with Gasteiger partial charge in [0.15, 0.2) is 0 Å². The van der Waals surface area contributed by atoms with Crippen LogP contribution < -0.4 is 10.1 Å². The molecule has 4 nitrogen and oxygen atoms in total. The molecule has 1 rings (SSSR count). The van der Waals surface area contributed by atoms with E-state index in [1.54, 1.807) is 0 Å². The van der Waals surface area contributed by atoms with Gasteiger partial charge in [-0.25, -0.2) is 0 Å². The molecule has 0 aliphatic rings. The van der Waals surface area contributed by atoms with E-state index in [2.05, 4.69) is 55.3 Å².